The zero-order chi connectivity index (χ0) is 15.8. The smallest absolute Gasteiger partial charge is 0.139 e. The van der Waals surface area contributed by atoms with Crippen LogP contribution in [0.25, 0.3) is 0 Å². The van der Waals surface area contributed by atoms with Crippen LogP contribution in [0.15, 0.2) is 47.5 Å². The Morgan fingerprint density at radius 2 is 2.04 bits per heavy atom. The molecule has 118 valence electrons. The molecule has 2 N–H and O–H groups in total. The molecule has 4 rings (SSSR count). The largest absolute Gasteiger partial charge is 0.353 e. The van der Waals surface area contributed by atoms with E-state index < -0.39 is 0 Å². The molecule has 0 unspecified atom stereocenters. The molecule has 2 aliphatic rings. The van der Waals surface area contributed by atoms with Crippen molar-refractivity contribution in [2.75, 3.05) is 18.9 Å². The zero-order valence-corrected chi connectivity index (χ0v) is 13.8. The third kappa shape index (κ3) is 2.69. The standard InChI is InChI=1S/C18H19ClN4/c1-23(17-7-4-10-20-17)18-13-5-2-3-6-14(13)21-15-9-8-12(19)11-16(15)22-18/h2-3,5-6,8-9,11,17,20-21H,4,7,10H2,1H3/t17-/m1/s1. The van der Waals surface area contributed by atoms with Crippen LogP contribution < -0.4 is 10.6 Å². The van der Waals surface area contributed by atoms with Gasteiger partial charge in [0.1, 0.15) is 5.84 Å². The van der Waals surface area contributed by atoms with Gasteiger partial charge in [-0.05, 0) is 49.7 Å². The van der Waals surface area contributed by atoms with E-state index in [2.05, 4.69) is 40.8 Å². The lowest BCUT2D eigenvalue weighted by atomic mass is 10.1. The molecule has 2 aliphatic heterocycles. The molecule has 0 aliphatic carbocycles. The molecule has 0 radical (unpaired) electrons. The molecule has 1 saturated heterocycles. The molecular formula is C18H19ClN4. The van der Waals surface area contributed by atoms with Crippen LogP contribution in [0.3, 0.4) is 0 Å². The lowest BCUT2D eigenvalue weighted by Crippen LogP contribution is -2.43. The second-order valence-electron chi connectivity index (χ2n) is 5.99. The molecule has 0 spiro atoms. The highest BCUT2D eigenvalue weighted by molar-refractivity contribution is 6.31. The number of fused-ring (bicyclic) bond motifs is 2. The SMILES string of the molecule is CN(C1=Nc2cc(Cl)ccc2Nc2ccccc21)[C@@H]1CCCN1. The van der Waals surface area contributed by atoms with E-state index >= 15 is 0 Å². The monoisotopic (exact) mass is 326 g/mol. The molecule has 0 saturated carbocycles. The highest BCUT2D eigenvalue weighted by Gasteiger charge is 2.25. The van der Waals surface area contributed by atoms with Gasteiger partial charge in [-0.2, -0.15) is 0 Å². The number of hydrogen-bond acceptors (Lipinski definition) is 4. The maximum absolute atomic E-state index is 6.17. The fraction of sp³-hybridized carbons (Fsp3) is 0.278. The number of para-hydroxylation sites is 1. The Kier molecular flexibility index (Phi) is 3.71. The third-order valence-electron chi connectivity index (χ3n) is 4.46. The van der Waals surface area contributed by atoms with Crippen LogP contribution in [-0.2, 0) is 0 Å². The Labute approximate surface area is 141 Å². The summed E-state index contributed by atoms with van der Waals surface area (Å²) in [6.45, 7) is 1.06. The van der Waals surface area contributed by atoms with Crippen LogP contribution in [0, 0.1) is 0 Å². The molecule has 1 fully saturated rings. The predicted octanol–water partition coefficient (Wildman–Crippen LogP) is 4.12. The Balaban J connectivity index is 1.86. The van der Waals surface area contributed by atoms with E-state index in [1.165, 1.54) is 6.42 Å². The summed E-state index contributed by atoms with van der Waals surface area (Å²) < 4.78 is 0. The predicted molar refractivity (Wildman–Crippen MR) is 96.2 cm³/mol. The molecule has 0 amide bonds. The first kappa shape index (κ1) is 14.5. The second-order valence-corrected chi connectivity index (χ2v) is 6.43. The molecule has 2 heterocycles. The van der Waals surface area contributed by atoms with Crippen molar-refractivity contribution < 1.29 is 0 Å². The third-order valence-corrected chi connectivity index (χ3v) is 4.69. The van der Waals surface area contributed by atoms with Gasteiger partial charge < -0.3 is 10.2 Å². The quantitative estimate of drug-likeness (QED) is 0.828. The minimum Gasteiger partial charge on any atom is -0.353 e. The van der Waals surface area contributed by atoms with Gasteiger partial charge >= 0.3 is 0 Å². The summed E-state index contributed by atoms with van der Waals surface area (Å²) in [4.78, 5) is 7.18. The van der Waals surface area contributed by atoms with Gasteiger partial charge in [0.05, 0.1) is 17.5 Å². The van der Waals surface area contributed by atoms with E-state index in [1.807, 2.05) is 24.3 Å². The van der Waals surface area contributed by atoms with Gasteiger partial charge in [-0.1, -0.05) is 23.7 Å². The number of rotatable bonds is 1. The van der Waals surface area contributed by atoms with E-state index in [-0.39, 0.29) is 0 Å². The molecule has 2 aromatic carbocycles. The summed E-state index contributed by atoms with van der Waals surface area (Å²) in [5, 5.41) is 7.72. The van der Waals surface area contributed by atoms with Crippen LogP contribution in [0.5, 0.6) is 0 Å². The van der Waals surface area contributed by atoms with Crippen molar-refractivity contribution in [2.45, 2.75) is 19.0 Å². The van der Waals surface area contributed by atoms with Crippen molar-refractivity contribution in [2.24, 2.45) is 4.99 Å². The molecule has 2 aromatic rings. The number of amidine groups is 1. The Morgan fingerprint density at radius 3 is 2.87 bits per heavy atom. The number of aliphatic imine (C=N–C) groups is 1. The minimum atomic E-state index is 0.322. The molecule has 1 atom stereocenters. The minimum absolute atomic E-state index is 0.322. The van der Waals surface area contributed by atoms with E-state index in [0.29, 0.717) is 11.2 Å². The average molecular weight is 327 g/mol. The number of hydrogen-bond donors (Lipinski definition) is 2. The molecule has 0 aromatic heterocycles. The van der Waals surface area contributed by atoms with Gasteiger partial charge in [0.15, 0.2) is 0 Å². The number of nitrogens with one attached hydrogen (secondary N) is 2. The highest BCUT2D eigenvalue weighted by atomic mass is 35.5. The Bertz CT molecular complexity index is 765. The molecule has 0 bridgehead atoms. The van der Waals surface area contributed by atoms with Gasteiger partial charge in [-0.15, -0.1) is 0 Å². The topological polar surface area (TPSA) is 39.7 Å². The van der Waals surface area contributed by atoms with Gasteiger partial charge in [-0.25, -0.2) is 4.99 Å². The molecule has 23 heavy (non-hydrogen) atoms. The fourth-order valence-electron chi connectivity index (χ4n) is 3.22. The van der Waals surface area contributed by atoms with Crippen LogP contribution in [0.2, 0.25) is 5.02 Å². The van der Waals surface area contributed by atoms with E-state index in [0.717, 1.165) is 41.4 Å². The number of benzene rings is 2. The maximum atomic E-state index is 6.17. The molecule has 4 nitrogen and oxygen atoms in total. The maximum Gasteiger partial charge on any atom is 0.139 e. The van der Waals surface area contributed by atoms with Crippen molar-refractivity contribution >= 4 is 34.5 Å². The first-order chi connectivity index (χ1) is 11.2. The van der Waals surface area contributed by atoms with Crippen molar-refractivity contribution in [1.82, 2.24) is 10.2 Å². The summed E-state index contributed by atoms with van der Waals surface area (Å²) in [7, 11) is 2.11. The number of nitrogens with zero attached hydrogens (tertiary/aromatic N) is 2. The van der Waals surface area contributed by atoms with Crippen molar-refractivity contribution in [3.05, 3.63) is 53.1 Å². The Morgan fingerprint density at radius 1 is 1.17 bits per heavy atom. The molecule has 5 heteroatoms. The lowest BCUT2D eigenvalue weighted by molar-refractivity contribution is 0.342. The van der Waals surface area contributed by atoms with Gasteiger partial charge in [0, 0.05) is 23.3 Å². The zero-order valence-electron chi connectivity index (χ0n) is 13.0. The first-order valence-electron chi connectivity index (χ1n) is 7.93. The fourth-order valence-corrected chi connectivity index (χ4v) is 3.39. The van der Waals surface area contributed by atoms with E-state index in [4.69, 9.17) is 16.6 Å². The van der Waals surface area contributed by atoms with Gasteiger partial charge in [0.2, 0.25) is 0 Å². The summed E-state index contributed by atoms with van der Waals surface area (Å²) in [5.41, 5.74) is 4.02. The molecular weight excluding hydrogens is 308 g/mol. The van der Waals surface area contributed by atoms with Crippen molar-refractivity contribution in [3.63, 3.8) is 0 Å². The second kappa shape index (κ2) is 5.87. The van der Waals surface area contributed by atoms with Crippen LogP contribution in [-0.4, -0.2) is 30.5 Å². The number of halogens is 1. The number of anilines is 2. The highest BCUT2D eigenvalue weighted by Crippen LogP contribution is 2.36. The van der Waals surface area contributed by atoms with E-state index in [9.17, 15) is 0 Å². The van der Waals surface area contributed by atoms with Gasteiger partial charge in [0.25, 0.3) is 0 Å². The van der Waals surface area contributed by atoms with Crippen LogP contribution in [0.4, 0.5) is 17.1 Å². The summed E-state index contributed by atoms with van der Waals surface area (Å²) >= 11 is 6.17. The summed E-state index contributed by atoms with van der Waals surface area (Å²) in [6, 6.07) is 14.1. The normalized spacial score (nSPS) is 19.2. The Hall–Kier alpha value is -2.04. The van der Waals surface area contributed by atoms with Gasteiger partial charge in [-0.3, -0.25) is 5.32 Å². The summed E-state index contributed by atoms with van der Waals surface area (Å²) in [5.74, 6) is 0.966. The van der Waals surface area contributed by atoms with Crippen molar-refractivity contribution in [1.29, 1.82) is 0 Å². The summed E-state index contributed by atoms with van der Waals surface area (Å²) in [6.07, 6.45) is 2.65. The van der Waals surface area contributed by atoms with Crippen LogP contribution >= 0.6 is 11.6 Å². The lowest BCUT2D eigenvalue weighted by Gasteiger charge is -2.28. The van der Waals surface area contributed by atoms with Crippen LogP contribution in [0.1, 0.15) is 18.4 Å². The van der Waals surface area contributed by atoms with Crippen molar-refractivity contribution in [3.8, 4) is 0 Å². The average Bonchev–Trinajstić information content (AvgIpc) is 3.04. The first-order valence-corrected chi connectivity index (χ1v) is 8.31. The van der Waals surface area contributed by atoms with E-state index in [1.54, 1.807) is 0 Å².